The number of rotatable bonds is 5. The number of nitrogens with one attached hydrogen (secondary N) is 1. The van der Waals surface area contributed by atoms with Crippen LogP contribution in [-0.4, -0.2) is 25.6 Å². The van der Waals surface area contributed by atoms with Crippen LogP contribution in [-0.2, 0) is 10.0 Å². The molecule has 5 heteroatoms. The molecule has 12 heavy (non-hydrogen) atoms. The first-order valence-corrected chi connectivity index (χ1v) is 6.13. The van der Waals surface area contributed by atoms with Crippen molar-refractivity contribution in [2.75, 3.05) is 6.54 Å². The Labute approximate surface area is 78.5 Å². The van der Waals surface area contributed by atoms with Gasteiger partial charge in [0.1, 0.15) is 0 Å². The van der Waals surface area contributed by atoms with E-state index in [4.69, 9.17) is 11.6 Å². The highest BCUT2D eigenvalue weighted by Gasteiger charge is 2.35. The third-order valence-electron chi connectivity index (χ3n) is 1.81. The average Bonchev–Trinajstić information content (AvgIpc) is 2.65. The van der Waals surface area contributed by atoms with Crippen LogP contribution < -0.4 is 4.72 Å². The molecule has 1 saturated carbocycles. The van der Waals surface area contributed by atoms with E-state index in [1.165, 1.54) is 0 Å². The number of hydrogen-bond donors (Lipinski definition) is 1. The predicted molar refractivity (Wildman–Crippen MR) is 49.9 cm³/mol. The van der Waals surface area contributed by atoms with Crippen molar-refractivity contribution in [2.45, 2.75) is 36.8 Å². The first-order chi connectivity index (χ1) is 5.52. The quantitative estimate of drug-likeness (QED) is 0.692. The van der Waals surface area contributed by atoms with Gasteiger partial charge in [-0.25, -0.2) is 13.1 Å². The van der Waals surface area contributed by atoms with Gasteiger partial charge in [0.15, 0.2) is 0 Å². The molecule has 0 amide bonds. The highest BCUT2D eigenvalue weighted by Crippen LogP contribution is 2.27. The van der Waals surface area contributed by atoms with Crippen LogP contribution >= 0.6 is 11.6 Å². The highest BCUT2D eigenvalue weighted by molar-refractivity contribution is 7.90. The lowest BCUT2D eigenvalue weighted by Gasteiger charge is -2.05. The zero-order valence-corrected chi connectivity index (χ0v) is 8.66. The van der Waals surface area contributed by atoms with Gasteiger partial charge in [0.2, 0.25) is 10.0 Å². The van der Waals surface area contributed by atoms with Gasteiger partial charge >= 0.3 is 0 Å². The average molecular weight is 212 g/mol. The van der Waals surface area contributed by atoms with E-state index in [9.17, 15) is 8.42 Å². The van der Waals surface area contributed by atoms with Crippen LogP contribution in [0.3, 0.4) is 0 Å². The van der Waals surface area contributed by atoms with Crippen LogP contribution in [0.25, 0.3) is 0 Å². The van der Waals surface area contributed by atoms with Gasteiger partial charge in [0.05, 0.1) is 5.25 Å². The van der Waals surface area contributed by atoms with Gasteiger partial charge in [0.25, 0.3) is 0 Å². The highest BCUT2D eigenvalue weighted by atomic mass is 35.5. The molecule has 0 aliphatic heterocycles. The summed E-state index contributed by atoms with van der Waals surface area (Å²) >= 11 is 5.67. The van der Waals surface area contributed by atoms with Gasteiger partial charge in [0, 0.05) is 11.9 Å². The fraction of sp³-hybridized carbons (Fsp3) is 1.00. The zero-order chi connectivity index (χ0) is 9.19. The summed E-state index contributed by atoms with van der Waals surface area (Å²) in [5.74, 6) is 0. The molecule has 1 N–H and O–H groups in total. The third-order valence-corrected chi connectivity index (χ3v) is 3.98. The molecule has 0 bridgehead atoms. The largest absolute Gasteiger partial charge is 0.215 e. The minimum atomic E-state index is -2.99. The van der Waals surface area contributed by atoms with Crippen molar-refractivity contribution in [3.63, 3.8) is 0 Å². The third kappa shape index (κ3) is 3.29. The van der Waals surface area contributed by atoms with Crippen LogP contribution in [0.2, 0.25) is 0 Å². The molecule has 0 spiro atoms. The maximum absolute atomic E-state index is 11.2. The fourth-order valence-corrected chi connectivity index (χ4v) is 2.40. The van der Waals surface area contributed by atoms with Crippen LogP contribution in [0.1, 0.15) is 26.2 Å². The molecular weight excluding hydrogens is 198 g/mol. The number of hydrogen-bond acceptors (Lipinski definition) is 2. The number of sulfonamides is 1. The van der Waals surface area contributed by atoms with Gasteiger partial charge in [-0.05, 0) is 26.2 Å². The monoisotopic (exact) mass is 211 g/mol. The molecule has 3 nitrogen and oxygen atoms in total. The van der Waals surface area contributed by atoms with E-state index in [2.05, 4.69) is 4.72 Å². The van der Waals surface area contributed by atoms with E-state index in [1.54, 1.807) is 0 Å². The second-order valence-electron chi connectivity index (χ2n) is 3.21. The Kier molecular flexibility index (Phi) is 3.37. The molecule has 1 unspecified atom stereocenters. The Morgan fingerprint density at radius 2 is 2.17 bits per heavy atom. The topological polar surface area (TPSA) is 46.2 Å². The molecule has 1 aliphatic rings. The molecule has 1 atom stereocenters. The molecule has 1 fully saturated rings. The second-order valence-corrected chi connectivity index (χ2v) is 6.00. The van der Waals surface area contributed by atoms with Crippen molar-refractivity contribution >= 4 is 21.6 Å². The molecule has 0 heterocycles. The van der Waals surface area contributed by atoms with Crippen LogP contribution in [0.4, 0.5) is 0 Å². The Hall–Kier alpha value is 0.200. The van der Waals surface area contributed by atoms with Crippen molar-refractivity contribution in [1.29, 1.82) is 0 Å². The van der Waals surface area contributed by atoms with E-state index in [1.807, 2.05) is 6.92 Å². The molecule has 0 aromatic carbocycles. The second kappa shape index (κ2) is 3.94. The summed E-state index contributed by atoms with van der Waals surface area (Å²) in [7, 11) is -2.99. The van der Waals surface area contributed by atoms with E-state index in [-0.39, 0.29) is 10.6 Å². The minimum Gasteiger partial charge on any atom is -0.215 e. The molecule has 72 valence electrons. The van der Waals surface area contributed by atoms with Crippen molar-refractivity contribution in [2.24, 2.45) is 0 Å². The molecule has 0 aromatic heterocycles. The van der Waals surface area contributed by atoms with Crippen molar-refractivity contribution in [3.8, 4) is 0 Å². The van der Waals surface area contributed by atoms with Gasteiger partial charge < -0.3 is 0 Å². The Bertz CT molecular complexity index is 234. The van der Waals surface area contributed by atoms with Crippen LogP contribution in [0, 0.1) is 0 Å². The van der Waals surface area contributed by atoms with E-state index < -0.39 is 10.0 Å². The minimum absolute atomic E-state index is 0.0342. The van der Waals surface area contributed by atoms with Gasteiger partial charge in [-0.2, -0.15) is 0 Å². The molecular formula is C7H14ClNO2S. The summed E-state index contributed by atoms with van der Waals surface area (Å²) in [6, 6.07) is 0. The maximum atomic E-state index is 11.2. The number of halogens is 1. The normalized spacial score (nSPS) is 20.8. The van der Waals surface area contributed by atoms with Crippen molar-refractivity contribution < 1.29 is 8.42 Å². The molecule has 1 aliphatic carbocycles. The Morgan fingerprint density at radius 1 is 1.58 bits per heavy atom. The molecule has 0 radical (unpaired) electrons. The van der Waals surface area contributed by atoms with Gasteiger partial charge in [-0.15, -0.1) is 11.6 Å². The van der Waals surface area contributed by atoms with E-state index in [0.717, 1.165) is 12.8 Å². The SMILES string of the molecule is CC(Cl)CCNS(=O)(=O)C1CC1. The summed E-state index contributed by atoms with van der Waals surface area (Å²) in [6.07, 6.45) is 2.31. The van der Waals surface area contributed by atoms with Crippen LogP contribution in [0.15, 0.2) is 0 Å². The lowest BCUT2D eigenvalue weighted by Crippen LogP contribution is -2.29. The zero-order valence-electron chi connectivity index (χ0n) is 7.09. The smallest absolute Gasteiger partial charge is 0.214 e. The predicted octanol–water partition coefficient (Wildman–Crippen LogP) is 1.09. The Morgan fingerprint density at radius 3 is 2.58 bits per heavy atom. The number of alkyl halides is 1. The molecule has 1 rings (SSSR count). The first kappa shape index (κ1) is 10.3. The molecule has 0 aromatic rings. The summed E-state index contributed by atoms with van der Waals surface area (Å²) in [5, 5.41) is -0.0879. The van der Waals surface area contributed by atoms with Gasteiger partial charge in [-0.3, -0.25) is 0 Å². The van der Waals surface area contributed by atoms with Crippen molar-refractivity contribution in [1.82, 2.24) is 4.72 Å². The van der Waals surface area contributed by atoms with Crippen molar-refractivity contribution in [3.05, 3.63) is 0 Å². The van der Waals surface area contributed by atoms with E-state index in [0.29, 0.717) is 13.0 Å². The summed E-state index contributed by atoms with van der Waals surface area (Å²) < 4.78 is 25.0. The summed E-state index contributed by atoms with van der Waals surface area (Å²) in [4.78, 5) is 0. The van der Waals surface area contributed by atoms with E-state index >= 15 is 0 Å². The fourth-order valence-electron chi connectivity index (χ4n) is 0.896. The lowest BCUT2D eigenvalue weighted by molar-refractivity contribution is 0.577. The lowest BCUT2D eigenvalue weighted by atomic mass is 10.3. The summed E-state index contributed by atoms with van der Waals surface area (Å²) in [6.45, 7) is 2.32. The first-order valence-electron chi connectivity index (χ1n) is 4.15. The Balaban J connectivity index is 2.21. The summed E-state index contributed by atoms with van der Waals surface area (Å²) in [5.41, 5.74) is 0. The van der Waals surface area contributed by atoms with Gasteiger partial charge in [-0.1, -0.05) is 0 Å². The van der Waals surface area contributed by atoms with Crippen LogP contribution in [0.5, 0.6) is 0 Å². The maximum Gasteiger partial charge on any atom is 0.214 e. The molecule has 0 saturated heterocycles. The standard InChI is InChI=1S/C7H14ClNO2S/c1-6(8)4-5-9-12(10,11)7-2-3-7/h6-7,9H,2-5H2,1H3.